The van der Waals surface area contributed by atoms with Gasteiger partial charge in [-0.3, -0.25) is 4.79 Å². The highest BCUT2D eigenvalue weighted by Gasteiger charge is 2.15. The van der Waals surface area contributed by atoms with Crippen molar-refractivity contribution < 1.29 is 4.79 Å². The van der Waals surface area contributed by atoms with Gasteiger partial charge >= 0.3 is 0 Å². The van der Waals surface area contributed by atoms with Crippen LogP contribution in [0.15, 0.2) is 6.20 Å². The van der Waals surface area contributed by atoms with Crippen molar-refractivity contribution in [3.05, 3.63) is 11.9 Å². The van der Waals surface area contributed by atoms with Crippen LogP contribution in [0.4, 0.5) is 0 Å². The molecule has 1 N–H and O–H groups in total. The van der Waals surface area contributed by atoms with E-state index in [-0.39, 0.29) is 11.3 Å². The molecule has 1 heterocycles. The molecule has 0 aliphatic carbocycles. The standard InChI is InChI=1S/C9H16N4O/c1-9(2,3)10-6-8(14)7-5-11-12-13(7)4/h5,10H,6H2,1-4H3. The largest absolute Gasteiger partial charge is 0.305 e. The maximum absolute atomic E-state index is 11.6. The van der Waals surface area contributed by atoms with Crippen molar-refractivity contribution in [3.8, 4) is 0 Å². The zero-order chi connectivity index (χ0) is 10.8. The lowest BCUT2D eigenvalue weighted by Gasteiger charge is -2.19. The second-order valence-electron chi connectivity index (χ2n) is 4.27. The third-order valence-corrected chi connectivity index (χ3v) is 1.78. The molecule has 5 nitrogen and oxygen atoms in total. The smallest absolute Gasteiger partial charge is 0.196 e. The van der Waals surface area contributed by atoms with Crippen molar-refractivity contribution in [2.45, 2.75) is 26.3 Å². The molecule has 0 saturated carbocycles. The molecular weight excluding hydrogens is 180 g/mol. The minimum atomic E-state index is -0.0539. The Kier molecular flexibility index (Phi) is 3.00. The molecule has 78 valence electrons. The number of carbonyl (C=O) groups excluding carboxylic acids is 1. The van der Waals surface area contributed by atoms with E-state index in [1.807, 2.05) is 20.8 Å². The van der Waals surface area contributed by atoms with Gasteiger partial charge in [0.1, 0.15) is 5.69 Å². The van der Waals surface area contributed by atoms with E-state index in [1.54, 1.807) is 7.05 Å². The van der Waals surface area contributed by atoms with E-state index in [1.165, 1.54) is 10.9 Å². The number of aromatic nitrogens is 3. The summed E-state index contributed by atoms with van der Waals surface area (Å²) >= 11 is 0. The molecule has 0 bridgehead atoms. The Morgan fingerprint density at radius 1 is 1.57 bits per heavy atom. The fraction of sp³-hybridized carbons (Fsp3) is 0.667. The molecule has 0 radical (unpaired) electrons. The van der Waals surface area contributed by atoms with Crippen LogP contribution in [0.1, 0.15) is 31.3 Å². The minimum Gasteiger partial charge on any atom is -0.305 e. The average Bonchev–Trinajstić information content (AvgIpc) is 2.46. The third kappa shape index (κ3) is 2.92. The van der Waals surface area contributed by atoms with Gasteiger partial charge in [0.05, 0.1) is 12.7 Å². The van der Waals surface area contributed by atoms with Gasteiger partial charge in [-0.2, -0.15) is 0 Å². The first-order valence-electron chi connectivity index (χ1n) is 4.53. The third-order valence-electron chi connectivity index (χ3n) is 1.78. The number of rotatable bonds is 3. The van der Waals surface area contributed by atoms with Crippen LogP contribution < -0.4 is 5.32 Å². The SMILES string of the molecule is Cn1nncc1C(=O)CNC(C)(C)C. The first kappa shape index (κ1) is 10.8. The molecule has 0 aliphatic heterocycles. The summed E-state index contributed by atoms with van der Waals surface area (Å²) in [5, 5.41) is 10.5. The summed E-state index contributed by atoms with van der Waals surface area (Å²) in [5.74, 6) is 0.00687. The van der Waals surface area contributed by atoms with Crippen LogP contribution in [0, 0.1) is 0 Å². The molecule has 1 aromatic heterocycles. The zero-order valence-electron chi connectivity index (χ0n) is 9.03. The van der Waals surface area contributed by atoms with Gasteiger partial charge in [-0.15, -0.1) is 5.10 Å². The normalized spacial score (nSPS) is 11.7. The Hall–Kier alpha value is -1.23. The number of ketones is 1. The van der Waals surface area contributed by atoms with Gasteiger partial charge in [0.25, 0.3) is 0 Å². The van der Waals surface area contributed by atoms with Gasteiger partial charge < -0.3 is 5.32 Å². The van der Waals surface area contributed by atoms with Gasteiger partial charge in [0, 0.05) is 12.6 Å². The summed E-state index contributed by atoms with van der Waals surface area (Å²) < 4.78 is 1.48. The molecule has 0 unspecified atom stereocenters. The highest BCUT2D eigenvalue weighted by Crippen LogP contribution is 2.00. The summed E-state index contributed by atoms with van der Waals surface area (Å²) in [6.07, 6.45) is 1.48. The van der Waals surface area contributed by atoms with Crippen molar-refractivity contribution in [1.82, 2.24) is 20.3 Å². The quantitative estimate of drug-likeness (QED) is 0.710. The van der Waals surface area contributed by atoms with E-state index in [0.29, 0.717) is 12.2 Å². The molecule has 0 spiro atoms. The number of Topliss-reactive ketones (excluding diaryl/α,β-unsaturated/α-hetero) is 1. The van der Waals surface area contributed by atoms with Crippen LogP contribution in [0.3, 0.4) is 0 Å². The molecule has 0 amide bonds. The molecule has 1 aromatic rings. The predicted molar refractivity (Wildman–Crippen MR) is 53.1 cm³/mol. The second kappa shape index (κ2) is 3.88. The number of hydrogen-bond acceptors (Lipinski definition) is 4. The first-order valence-corrected chi connectivity index (χ1v) is 4.53. The van der Waals surface area contributed by atoms with Gasteiger partial charge in [-0.1, -0.05) is 5.21 Å². The van der Waals surface area contributed by atoms with Crippen LogP contribution >= 0.6 is 0 Å². The fourth-order valence-electron chi connectivity index (χ4n) is 0.978. The van der Waals surface area contributed by atoms with E-state index in [2.05, 4.69) is 15.6 Å². The lowest BCUT2D eigenvalue weighted by Crippen LogP contribution is -2.39. The molecule has 0 aliphatic rings. The summed E-state index contributed by atoms with van der Waals surface area (Å²) in [4.78, 5) is 11.6. The van der Waals surface area contributed by atoms with Crippen LogP contribution in [-0.2, 0) is 7.05 Å². The molecule has 0 atom stereocenters. The molecule has 14 heavy (non-hydrogen) atoms. The Morgan fingerprint density at radius 3 is 2.64 bits per heavy atom. The topological polar surface area (TPSA) is 59.8 Å². The lowest BCUT2D eigenvalue weighted by atomic mass is 10.1. The van der Waals surface area contributed by atoms with E-state index < -0.39 is 0 Å². The maximum Gasteiger partial charge on any atom is 0.196 e. The molecular formula is C9H16N4O. The van der Waals surface area contributed by atoms with Crippen LogP contribution in [-0.4, -0.2) is 32.9 Å². The maximum atomic E-state index is 11.6. The molecule has 1 rings (SSSR count). The monoisotopic (exact) mass is 196 g/mol. The van der Waals surface area contributed by atoms with Crippen molar-refractivity contribution in [2.24, 2.45) is 7.05 Å². The molecule has 5 heteroatoms. The van der Waals surface area contributed by atoms with Crippen molar-refractivity contribution >= 4 is 5.78 Å². The van der Waals surface area contributed by atoms with Gasteiger partial charge in [-0.05, 0) is 20.8 Å². The number of nitrogens with one attached hydrogen (secondary N) is 1. The Balaban J connectivity index is 2.56. The van der Waals surface area contributed by atoms with E-state index >= 15 is 0 Å². The van der Waals surface area contributed by atoms with Crippen LogP contribution in [0.2, 0.25) is 0 Å². The van der Waals surface area contributed by atoms with Crippen molar-refractivity contribution in [3.63, 3.8) is 0 Å². The van der Waals surface area contributed by atoms with E-state index in [9.17, 15) is 4.79 Å². The average molecular weight is 196 g/mol. The number of aryl methyl sites for hydroxylation is 1. The number of nitrogens with zero attached hydrogens (tertiary/aromatic N) is 3. The van der Waals surface area contributed by atoms with Gasteiger partial charge in [0.15, 0.2) is 5.78 Å². The number of hydrogen-bond donors (Lipinski definition) is 1. The molecule has 0 fully saturated rings. The van der Waals surface area contributed by atoms with E-state index in [4.69, 9.17) is 0 Å². The minimum absolute atomic E-state index is 0.00687. The summed E-state index contributed by atoms with van der Waals surface area (Å²) in [6, 6.07) is 0. The lowest BCUT2D eigenvalue weighted by molar-refractivity contribution is 0.0973. The summed E-state index contributed by atoms with van der Waals surface area (Å²) in [6.45, 7) is 6.36. The van der Waals surface area contributed by atoms with Gasteiger partial charge in [0.2, 0.25) is 0 Å². The predicted octanol–water partition coefficient (Wildman–Crippen LogP) is 0.386. The first-order chi connectivity index (χ1) is 6.40. The molecule has 0 aromatic carbocycles. The second-order valence-corrected chi connectivity index (χ2v) is 4.27. The number of carbonyl (C=O) groups is 1. The molecule has 0 saturated heterocycles. The Labute approximate surface area is 83.5 Å². The fourth-order valence-corrected chi connectivity index (χ4v) is 0.978. The highest BCUT2D eigenvalue weighted by atomic mass is 16.1. The van der Waals surface area contributed by atoms with Gasteiger partial charge in [-0.25, -0.2) is 4.68 Å². The van der Waals surface area contributed by atoms with Crippen LogP contribution in [0.25, 0.3) is 0 Å². The summed E-state index contributed by atoms with van der Waals surface area (Å²) in [7, 11) is 1.71. The Bertz CT molecular complexity index is 324. The van der Waals surface area contributed by atoms with Crippen molar-refractivity contribution in [1.29, 1.82) is 0 Å². The van der Waals surface area contributed by atoms with E-state index in [0.717, 1.165) is 0 Å². The Morgan fingerprint density at radius 2 is 2.21 bits per heavy atom. The summed E-state index contributed by atoms with van der Waals surface area (Å²) in [5.41, 5.74) is 0.476. The zero-order valence-corrected chi connectivity index (χ0v) is 9.03. The van der Waals surface area contributed by atoms with Crippen LogP contribution in [0.5, 0.6) is 0 Å². The highest BCUT2D eigenvalue weighted by molar-refractivity contribution is 5.95. The van der Waals surface area contributed by atoms with Crippen molar-refractivity contribution in [2.75, 3.05) is 6.54 Å².